The van der Waals surface area contributed by atoms with E-state index in [-0.39, 0.29) is 6.61 Å². The highest BCUT2D eigenvalue weighted by Crippen LogP contribution is 2.22. The topological polar surface area (TPSA) is 68.3 Å². The van der Waals surface area contributed by atoms with Gasteiger partial charge in [0.15, 0.2) is 5.76 Å². The molecule has 1 aromatic heterocycles. The van der Waals surface area contributed by atoms with Crippen LogP contribution in [-0.2, 0) is 18.0 Å². The van der Waals surface area contributed by atoms with Crippen LogP contribution in [0.15, 0.2) is 28.8 Å². The van der Waals surface area contributed by atoms with Gasteiger partial charge in [0, 0.05) is 19.2 Å². The molecule has 6 heteroatoms. The number of hydrogen-bond acceptors (Lipinski definition) is 5. The molecule has 0 bridgehead atoms. The normalized spacial score (nSPS) is 10.2. The van der Waals surface area contributed by atoms with Crippen LogP contribution in [0.4, 0.5) is 0 Å². The molecule has 0 amide bonds. The predicted octanol–water partition coefficient (Wildman–Crippen LogP) is 2.93. The van der Waals surface area contributed by atoms with E-state index < -0.39 is 0 Å². The number of hydrogen-bond donors (Lipinski definition) is 0. The monoisotopic (exact) mass is 278 g/mol. The van der Waals surface area contributed by atoms with Gasteiger partial charge in [0.2, 0.25) is 0 Å². The van der Waals surface area contributed by atoms with Gasteiger partial charge in [-0.2, -0.15) is 5.26 Å². The van der Waals surface area contributed by atoms with Crippen LogP contribution in [0.5, 0.6) is 5.75 Å². The van der Waals surface area contributed by atoms with Crippen LogP contribution in [0.1, 0.15) is 17.0 Å². The van der Waals surface area contributed by atoms with E-state index >= 15 is 0 Å². The fourth-order valence-electron chi connectivity index (χ4n) is 1.47. The van der Waals surface area contributed by atoms with Crippen molar-refractivity contribution >= 4 is 11.6 Å². The van der Waals surface area contributed by atoms with E-state index in [9.17, 15) is 0 Å². The van der Waals surface area contributed by atoms with Crippen LogP contribution >= 0.6 is 11.6 Å². The summed E-state index contributed by atoms with van der Waals surface area (Å²) >= 11 is 5.90. The largest absolute Gasteiger partial charge is 0.487 e. The zero-order valence-corrected chi connectivity index (χ0v) is 11.0. The first-order valence-electron chi connectivity index (χ1n) is 5.49. The summed E-state index contributed by atoms with van der Waals surface area (Å²) in [5.74, 6) is 1.21. The summed E-state index contributed by atoms with van der Waals surface area (Å²) in [6.45, 7) is 0.630. The fourth-order valence-corrected chi connectivity index (χ4v) is 1.68. The Morgan fingerprint density at radius 1 is 1.37 bits per heavy atom. The van der Waals surface area contributed by atoms with Crippen molar-refractivity contribution in [3.63, 3.8) is 0 Å². The molecule has 98 valence electrons. The van der Waals surface area contributed by atoms with Gasteiger partial charge in [-0.05, 0) is 12.1 Å². The third-order valence-electron chi connectivity index (χ3n) is 2.34. The van der Waals surface area contributed by atoms with E-state index in [1.807, 2.05) is 6.07 Å². The zero-order chi connectivity index (χ0) is 13.7. The Bertz CT molecular complexity index is 604. The maximum Gasteiger partial charge on any atom is 0.162 e. The molecule has 0 N–H and O–H groups in total. The lowest BCUT2D eigenvalue weighted by atomic mass is 10.2. The predicted molar refractivity (Wildman–Crippen MR) is 67.7 cm³/mol. The minimum absolute atomic E-state index is 0.259. The second-order valence-electron chi connectivity index (χ2n) is 3.76. The summed E-state index contributed by atoms with van der Waals surface area (Å²) in [6.07, 6.45) is 0. The molecule has 2 aromatic rings. The number of rotatable bonds is 5. The van der Waals surface area contributed by atoms with Crippen LogP contribution in [0.25, 0.3) is 0 Å². The summed E-state index contributed by atoms with van der Waals surface area (Å²) in [5, 5.41) is 13.0. The van der Waals surface area contributed by atoms with Gasteiger partial charge >= 0.3 is 0 Å². The Balaban J connectivity index is 1.98. The summed E-state index contributed by atoms with van der Waals surface area (Å²) in [4.78, 5) is 0. The lowest BCUT2D eigenvalue weighted by Gasteiger charge is -2.04. The maximum atomic E-state index is 8.76. The van der Waals surface area contributed by atoms with Crippen molar-refractivity contribution in [3.8, 4) is 11.8 Å². The van der Waals surface area contributed by atoms with Gasteiger partial charge in [0.25, 0.3) is 0 Å². The SMILES string of the molecule is COCc1cc(COc2ccc(C#N)c(Cl)c2)no1. The molecular formula is C13H11ClN2O3. The number of nitriles is 1. The molecule has 19 heavy (non-hydrogen) atoms. The molecule has 0 aliphatic heterocycles. The summed E-state index contributed by atoms with van der Waals surface area (Å²) in [6, 6.07) is 8.63. The molecule has 0 aliphatic rings. The average Bonchev–Trinajstić information content (AvgIpc) is 2.85. The summed E-state index contributed by atoms with van der Waals surface area (Å²) < 4.78 is 15.5. The van der Waals surface area contributed by atoms with E-state index in [0.717, 1.165) is 0 Å². The first-order chi connectivity index (χ1) is 9.22. The van der Waals surface area contributed by atoms with Crippen molar-refractivity contribution in [3.05, 3.63) is 46.3 Å². The van der Waals surface area contributed by atoms with Gasteiger partial charge in [0.05, 0.1) is 10.6 Å². The van der Waals surface area contributed by atoms with Crippen molar-refractivity contribution < 1.29 is 14.0 Å². The highest BCUT2D eigenvalue weighted by molar-refractivity contribution is 6.31. The van der Waals surface area contributed by atoms with Gasteiger partial charge in [-0.1, -0.05) is 16.8 Å². The molecule has 0 fully saturated rings. The maximum absolute atomic E-state index is 8.76. The quantitative estimate of drug-likeness (QED) is 0.841. The van der Waals surface area contributed by atoms with Gasteiger partial charge in [-0.3, -0.25) is 0 Å². The van der Waals surface area contributed by atoms with Crippen LogP contribution in [-0.4, -0.2) is 12.3 Å². The number of methoxy groups -OCH3 is 1. The van der Waals surface area contributed by atoms with E-state index in [1.165, 1.54) is 0 Å². The van der Waals surface area contributed by atoms with Crippen molar-refractivity contribution in [2.75, 3.05) is 7.11 Å². The van der Waals surface area contributed by atoms with Gasteiger partial charge in [0.1, 0.15) is 30.7 Å². The zero-order valence-electron chi connectivity index (χ0n) is 10.2. The first kappa shape index (κ1) is 13.4. The first-order valence-corrected chi connectivity index (χ1v) is 5.86. The Hall–Kier alpha value is -2.03. The molecule has 0 radical (unpaired) electrons. The lowest BCUT2D eigenvalue weighted by Crippen LogP contribution is -1.95. The van der Waals surface area contributed by atoms with Gasteiger partial charge in [-0.15, -0.1) is 0 Å². The molecule has 0 saturated heterocycles. The fraction of sp³-hybridized carbons (Fsp3) is 0.231. The van der Waals surface area contributed by atoms with Crippen LogP contribution in [0, 0.1) is 11.3 Å². The minimum atomic E-state index is 0.259. The molecular weight excluding hydrogens is 268 g/mol. The van der Waals surface area contributed by atoms with Crippen molar-refractivity contribution in [1.29, 1.82) is 5.26 Å². The molecule has 1 aromatic carbocycles. The van der Waals surface area contributed by atoms with Crippen LogP contribution in [0.2, 0.25) is 5.02 Å². The number of benzene rings is 1. The van der Waals surface area contributed by atoms with Gasteiger partial charge < -0.3 is 14.0 Å². The van der Waals surface area contributed by atoms with Crippen molar-refractivity contribution in [2.45, 2.75) is 13.2 Å². The number of nitrogens with zero attached hydrogens (tertiary/aromatic N) is 2. The smallest absolute Gasteiger partial charge is 0.162 e. The molecule has 0 saturated carbocycles. The standard InChI is InChI=1S/C13H11ClN2O3/c1-17-8-12-4-10(16-19-12)7-18-11-3-2-9(6-15)13(14)5-11/h2-5H,7-8H2,1H3. The molecule has 0 spiro atoms. The average molecular weight is 279 g/mol. The summed E-state index contributed by atoms with van der Waals surface area (Å²) in [5.41, 5.74) is 1.07. The second-order valence-corrected chi connectivity index (χ2v) is 4.17. The van der Waals surface area contributed by atoms with Crippen molar-refractivity contribution in [2.24, 2.45) is 0 Å². The third kappa shape index (κ3) is 3.47. The molecule has 0 aliphatic carbocycles. The Morgan fingerprint density at radius 3 is 2.89 bits per heavy atom. The molecule has 0 unspecified atom stereocenters. The minimum Gasteiger partial charge on any atom is -0.487 e. The number of ether oxygens (including phenoxy) is 2. The molecule has 2 rings (SSSR count). The van der Waals surface area contributed by atoms with E-state index in [1.54, 1.807) is 31.4 Å². The Kier molecular flexibility index (Phi) is 4.39. The summed E-state index contributed by atoms with van der Waals surface area (Å²) in [7, 11) is 1.58. The number of halogens is 1. The molecule has 1 heterocycles. The highest BCUT2D eigenvalue weighted by Gasteiger charge is 2.06. The molecule has 0 atom stereocenters. The molecule has 5 nitrogen and oxygen atoms in total. The Morgan fingerprint density at radius 2 is 2.21 bits per heavy atom. The second kappa shape index (κ2) is 6.23. The van der Waals surface area contributed by atoms with E-state index in [0.29, 0.717) is 34.4 Å². The van der Waals surface area contributed by atoms with Crippen LogP contribution in [0.3, 0.4) is 0 Å². The Labute approximate surface area is 115 Å². The van der Waals surface area contributed by atoms with E-state index in [4.69, 9.17) is 30.9 Å². The lowest BCUT2D eigenvalue weighted by molar-refractivity contribution is 0.155. The van der Waals surface area contributed by atoms with Gasteiger partial charge in [-0.25, -0.2) is 0 Å². The van der Waals surface area contributed by atoms with Crippen molar-refractivity contribution in [1.82, 2.24) is 5.16 Å². The third-order valence-corrected chi connectivity index (χ3v) is 2.65. The number of aromatic nitrogens is 1. The highest BCUT2D eigenvalue weighted by atomic mass is 35.5. The van der Waals surface area contributed by atoms with Crippen LogP contribution < -0.4 is 4.74 Å². The van der Waals surface area contributed by atoms with E-state index in [2.05, 4.69) is 5.16 Å².